The molecule has 3 rings (SSSR count). The van der Waals surface area contributed by atoms with E-state index in [1.54, 1.807) is 30.0 Å². The summed E-state index contributed by atoms with van der Waals surface area (Å²) in [5.74, 6) is 1.43. The summed E-state index contributed by atoms with van der Waals surface area (Å²) in [4.78, 5) is 30.8. The van der Waals surface area contributed by atoms with Crippen molar-refractivity contribution in [3.05, 3.63) is 40.5 Å². The molecule has 9 heteroatoms. The lowest BCUT2D eigenvalue weighted by Gasteiger charge is -2.18. The van der Waals surface area contributed by atoms with E-state index in [1.807, 2.05) is 0 Å². The third kappa shape index (κ3) is 4.76. The smallest absolute Gasteiger partial charge is 0.255 e. The van der Waals surface area contributed by atoms with Crippen molar-refractivity contribution in [2.45, 2.75) is 25.5 Å². The van der Waals surface area contributed by atoms with Gasteiger partial charge in [0.25, 0.3) is 5.91 Å². The number of rotatable bonds is 6. The van der Waals surface area contributed by atoms with Crippen molar-refractivity contribution >= 4 is 40.9 Å². The molecular weight excluding hydrogens is 376 g/mol. The third-order valence-electron chi connectivity index (χ3n) is 3.91. The fourth-order valence-electron chi connectivity index (χ4n) is 2.72. The SMILES string of the molecule is Cc1nc(CSCC(=O)Nc2cc(Cl)ccc2C(=O)N2CCCC2)no1. The topological polar surface area (TPSA) is 88.3 Å². The van der Waals surface area contributed by atoms with Crippen molar-refractivity contribution < 1.29 is 14.1 Å². The van der Waals surface area contributed by atoms with E-state index in [0.29, 0.717) is 33.7 Å². The number of hydrogen-bond acceptors (Lipinski definition) is 6. The number of aryl methyl sites for hydroxylation is 1. The summed E-state index contributed by atoms with van der Waals surface area (Å²) in [5, 5.41) is 7.04. The molecule has 1 aromatic carbocycles. The molecule has 0 bridgehead atoms. The largest absolute Gasteiger partial charge is 0.340 e. The summed E-state index contributed by atoms with van der Waals surface area (Å²) >= 11 is 7.41. The minimum atomic E-state index is -0.215. The normalized spacial score (nSPS) is 13.8. The Bertz CT molecular complexity index is 805. The second-order valence-electron chi connectivity index (χ2n) is 5.96. The highest BCUT2D eigenvalue weighted by molar-refractivity contribution is 7.99. The standard InChI is InChI=1S/C17H19ClN4O3S/c1-11-19-15(21-25-11)9-26-10-16(23)20-14-8-12(18)4-5-13(14)17(24)22-6-2-3-7-22/h4-5,8H,2-3,6-7,9-10H2,1H3,(H,20,23). The van der Waals surface area contributed by atoms with Crippen LogP contribution in [-0.4, -0.2) is 45.7 Å². The Balaban J connectivity index is 1.61. The van der Waals surface area contributed by atoms with E-state index in [4.69, 9.17) is 16.1 Å². The van der Waals surface area contributed by atoms with Crippen LogP contribution < -0.4 is 5.32 Å². The van der Waals surface area contributed by atoms with Crippen LogP contribution in [0.2, 0.25) is 5.02 Å². The van der Waals surface area contributed by atoms with Gasteiger partial charge in [0.2, 0.25) is 11.8 Å². The number of nitrogens with one attached hydrogen (secondary N) is 1. The summed E-state index contributed by atoms with van der Waals surface area (Å²) in [6, 6.07) is 4.93. The van der Waals surface area contributed by atoms with Crippen molar-refractivity contribution in [2.24, 2.45) is 0 Å². The van der Waals surface area contributed by atoms with Gasteiger partial charge in [-0.15, -0.1) is 11.8 Å². The van der Waals surface area contributed by atoms with Crippen molar-refractivity contribution in [3.8, 4) is 0 Å². The molecule has 1 aromatic heterocycles. The van der Waals surface area contributed by atoms with Gasteiger partial charge in [-0.25, -0.2) is 0 Å². The van der Waals surface area contributed by atoms with E-state index >= 15 is 0 Å². The highest BCUT2D eigenvalue weighted by Crippen LogP contribution is 2.24. The van der Waals surface area contributed by atoms with Gasteiger partial charge in [0.15, 0.2) is 5.82 Å². The van der Waals surface area contributed by atoms with Crippen LogP contribution in [0.4, 0.5) is 5.69 Å². The minimum absolute atomic E-state index is 0.0793. The number of amides is 2. The average Bonchev–Trinajstić information content (AvgIpc) is 3.26. The number of anilines is 1. The molecule has 0 unspecified atom stereocenters. The highest BCUT2D eigenvalue weighted by Gasteiger charge is 2.22. The number of thioether (sulfide) groups is 1. The first-order valence-electron chi connectivity index (χ1n) is 8.28. The third-order valence-corrected chi connectivity index (χ3v) is 5.08. The Morgan fingerprint density at radius 1 is 1.35 bits per heavy atom. The van der Waals surface area contributed by atoms with Crippen LogP contribution in [-0.2, 0) is 10.5 Å². The first kappa shape index (κ1) is 18.7. The summed E-state index contributed by atoms with van der Waals surface area (Å²) in [7, 11) is 0. The zero-order valence-electron chi connectivity index (χ0n) is 14.3. The number of benzene rings is 1. The molecule has 1 aliphatic heterocycles. The quantitative estimate of drug-likeness (QED) is 0.809. The van der Waals surface area contributed by atoms with E-state index in [1.165, 1.54) is 11.8 Å². The first-order chi connectivity index (χ1) is 12.5. The van der Waals surface area contributed by atoms with Crippen LogP contribution in [0.25, 0.3) is 0 Å². The summed E-state index contributed by atoms with van der Waals surface area (Å²) in [6.45, 7) is 3.20. The molecule has 0 aliphatic carbocycles. The maximum Gasteiger partial charge on any atom is 0.255 e. The van der Waals surface area contributed by atoms with Crippen LogP contribution >= 0.6 is 23.4 Å². The molecule has 1 N–H and O–H groups in total. The number of hydrogen-bond donors (Lipinski definition) is 1. The monoisotopic (exact) mass is 394 g/mol. The lowest BCUT2D eigenvalue weighted by atomic mass is 10.1. The number of carbonyl (C=O) groups is 2. The molecule has 2 amide bonds. The van der Waals surface area contributed by atoms with Gasteiger partial charge >= 0.3 is 0 Å². The zero-order valence-corrected chi connectivity index (χ0v) is 15.9. The van der Waals surface area contributed by atoms with Crippen LogP contribution in [0.15, 0.2) is 22.7 Å². The number of likely N-dealkylation sites (tertiary alicyclic amines) is 1. The Labute approximate surface area is 160 Å². The Morgan fingerprint density at radius 3 is 2.81 bits per heavy atom. The maximum atomic E-state index is 12.7. The van der Waals surface area contributed by atoms with Crippen molar-refractivity contribution in [1.82, 2.24) is 15.0 Å². The number of carbonyl (C=O) groups excluding carboxylic acids is 2. The van der Waals surface area contributed by atoms with E-state index < -0.39 is 0 Å². The first-order valence-corrected chi connectivity index (χ1v) is 9.82. The molecule has 0 atom stereocenters. The van der Waals surface area contributed by atoms with Crippen LogP contribution in [0.5, 0.6) is 0 Å². The molecule has 1 saturated heterocycles. The van der Waals surface area contributed by atoms with Crippen molar-refractivity contribution in [1.29, 1.82) is 0 Å². The van der Waals surface area contributed by atoms with E-state index in [0.717, 1.165) is 25.9 Å². The fourth-order valence-corrected chi connectivity index (χ4v) is 3.55. The maximum absolute atomic E-state index is 12.7. The van der Waals surface area contributed by atoms with Gasteiger partial charge in [0.05, 0.1) is 22.8 Å². The molecule has 2 aromatic rings. The molecule has 7 nitrogen and oxygen atoms in total. The summed E-state index contributed by atoms with van der Waals surface area (Å²) in [6.07, 6.45) is 2.01. The van der Waals surface area contributed by atoms with Gasteiger partial charge in [-0.2, -0.15) is 4.98 Å². The molecule has 2 heterocycles. The molecule has 138 valence electrons. The molecule has 0 spiro atoms. The molecule has 0 radical (unpaired) electrons. The zero-order chi connectivity index (χ0) is 18.5. The van der Waals surface area contributed by atoms with Crippen molar-refractivity contribution in [3.63, 3.8) is 0 Å². The van der Waals surface area contributed by atoms with Gasteiger partial charge in [0.1, 0.15) is 0 Å². The Kier molecular flexibility index (Phi) is 6.16. The molecule has 0 saturated carbocycles. The van der Waals surface area contributed by atoms with Gasteiger partial charge in [0, 0.05) is 25.0 Å². The minimum Gasteiger partial charge on any atom is -0.340 e. The van der Waals surface area contributed by atoms with Gasteiger partial charge in [-0.3, -0.25) is 9.59 Å². The lowest BCUT2D eigenvalue weighted by Crippen LogP contribution is -2.29. The molecular formula is C17H19ClN4O3S. The summed E-state index contributed by atoms with van der Waals surface area (Å²) in [5.41, 5.74) is 0.902. The average molecular weight is 395 g/mol. The van der Waals surface area contributed by atoms with Crippen LogP contribution in [0.1, 0.15) is 34.9 Å². The fraction of sp³-hybridized carbons (Fsp3) is 0.412. The Morgan fingerprint density at radius 2 is 2.12 bits per heavy atom. The second kappa shape index (κ2) is 8.55. The summed E-state index contributed by atoms with van der Waals surface area (Å²) < 4.78 is 4.89. The predicted octanol–water partition coefficient (Wildman–Crippen LogP) is 3.14. The Hall–Kier alpha value is -2.06. The van der Waals surface area contributed by atoms with Crippen LogP contribution in [0.3, 0.4) is 0 Å². The molecule has 26 heavy (non-hydrogen) atoms. The lowest BCUT2D eigenvalue weighted by molar-refractivity contribution is -0.113. The number of aromatic nitrogens is 2. The number of nitrogens with zero attached hydrogens (tertiary/aromatic N) is 3. The molecule has 1 fully saturated rings. The van der Waals surface area contributed by atoms with Crippen LogP contribution in [0, 0.1) is 6.92 Å². The highest BCUT2D eigenvalue weighted by atomic mass is 35.5. The van der Waals surface area contributed by atoms with Gasteiger partial charge in [-0.05, 0) is 31.0 Å². The predicted molar refractivity (Wildman–Crippen MR) is 100 cm³/mol. The second-order valence-corrected chi connectivity index (χ2v) is 7.38. The van der Waals surface area contributed by atoms with E-state index in [-0.39, 0.29) is 17.6 Å². The van der Waals surface area contributed by atoms with E-state index in [9.17, 15) is 9.59 Å². The molecule has 1 aliphatic rings. The van der Waals surface area contributed by atoms with Crippen molar-refractivity contribution in [2.75, 3.05) is 24.2 Å². The van der Waals surface area contributed by atoms with Gasteiger partial charge in [-0.1, -0.05) is 16.8 Å². The van der Waals surface area contributed by atoms with Gasteiger partial charge < -0.3 is 14.7 Å². The van der Waals surface area contributed by atoms with E-state index in [2.05, 4.69) is 15.5 Å². The number of halogens is 1.